The molecular weight excluding hydrogens is 549 g/mol. The summed E-state index contributed by atoms with van der Waals surface area (Å²) in [5.74, 6) is 0. The molecule has 0 spiro atoms. The summed E-state index contributed by atoms with van der Waals surface area (Å²) in [5, 5.41) is 4.74. The van der Waals surface area contributed by atoms with Gasteiger partial charge >= 0.3 is 6.18 Å². The third-order valence-corrected chi connectivity index (χ3v) is 9.07. The van der Waals surface area contributed by atoms with Gasteiger partial charge in [0.05, 0.1) is 21.7 Å². The monoisotopic (exact) mass is 576 g/mol. The Morgan fingerprint density at radius 3 is 1.98 bits per heavy atom. The Morgan fingerprint density at radius 2 is 1.34 bits per heavy atom. The van der Waals surface area contributed by atoms with Crippen LogP contribution in [-0.4, -0.2) is 49.3 Å². The van der Waals surface area contributed by atoms with Gasteiger partial charge in [0.1, 0.15) is 0 Å². The van der Waals surface area contributed by atoms with Crippen molar-refractivity contribution in [1.82, 2.24) is 14.7 Å². The highest BCUT2D eigenvalue weighted by molar-refractivity contribution is 7.91. The minimum absolute atomic E-state index is 0.0962. The van der Waals surface area contributed by atoms with Crippen LogP contribution in [0.3, 0.4) is 0 Å². The number of rotatable bonds is 6. The maximum Gasteiger partial charge on any atom is 0.416 e. The number of hydrogen-bond donors (Lipinski definition) is 0. The summed E-state index contributed by atoms with van der Waals surface area (Å²) in [7, 11) is -4.01. The summed E-state index contributed by atoms with van der Waals surface area (Å²) in [6.45, 7) is 4.12. The van der Waals surface area contributed by atoms with E-state index in [0.717, 1.165) is 50.5 Å². The lowest BCUT2D eigenvalue weighted by molar-refractivity contribution is -0.137. The highest BCUT2D eigenvalue weighted by Crippen LogP contribution is 2.34. The predicted molar refractivity (Wildman–Crippen MR) is 152 cm³/mol. The highest BCUT2D eigenvalue weighted by Gasteiger charge is 2.31. The second-order valence-corrected chi connectivity index (χ2v) is 11.9. The molecule has 1 fully saturated rings. The minimum atomic E-state index is -4.48. The lowest BCUT2D eigenvalue weighted by Gasteiger charge is -2.36. The summed E-state index contributed by atoms with van der Waals surface area (Å²) in [6, 6.07) is 28.4. The van der Waals surface area contributed by atoms with Crippen molar-refractivity contribution in [2.24, 2.45) is 0 Å². The third kappa shape index (κ3) is 5.45. The molecule has 1 aliphatic rings. The van der Waals surface area contributed by atoms with Gasteiger partial charge in [-0.15, -0.1) is 0 Å². The lowest BCUT2D eigenvalue weighted by Crippen LogP contribution is -2.45. The van der Waals surface area contributed by atoms with Crippen molar-refractivity contribution in [2.75, 3.05) is 31.1 Å². The molecule has 0 aliphatic carbocycles. The number of fused-ring (bicyclic) bond motifs is 1. The Labute approximate surface area is 236 Å². The predicted octanol–water partition coefficient (Wildman–Crippen LogP) is 6.20. The minimum Gasteiger partial charge on any atom is -0.369 e. The fourth-order valence-electron chi connectivity index (χ4n) is 5.18. The zero-order chi connectivity index (χ0) is 28.6. The first-order valence-electron chi connectivity index (χ1n) is 13.2. The van der Waals surface area contributed by atoms with Crippen molar-refractivity contribution >= 4 is 26.4 Å². The number of halogens is 3. The second kappa shape index (κ2) is 10.7. The molecule has 4 aromatic carbocycles. The first-order valence-corrected chi connectivity index (χ1v) is 14.7. The van der Waals surface area contributed by atoms with Gasteiger partial charge < -0.3 is 4.90 Å². The number of piperazine rings is 1. The quantitative estimate of drug-likeness (QED) is 0.241. The van der Waals surface area contributed by atoms with E-state index >= 15 is 0 Å². The number of nitrogens with zero attached hydrogens (tertiary/aromatic N) is 4. The van der Waals surface area contributed by atoms with Crippen LogP contribution in [0, 0.1) is 0 Å². The Balaban J connectivity index is 1.36. The lowest BCUT2D eigenvalue weighted by atomic mass is 10.1. The van der Waals surface area contributed by atoms with E-state index < -0.39 is 21.6 Å². The summed E-state index contributed by atoms with van der Waals surface area (Å²) >= 11 is 0. The number of hydrogen-bond acceptors (Lipinski definition) is 5. The van der Waals surface area contributed by atoms with Gasteiger partial charge in [-0.2, -0.15) is 18.3 Å². The van der Waals surface area contributed by atoms with Gasteiger partial charge in [0.25, 0.3) is 0 Å². The van der Waals surface area contributed by atoms with E-state index in [2.05, 4.69) is 27.0 Å². The van der Waals surface area contributed by atoms with Crippen LogP contribution in [0.15, 0.2) is 113 Å². The number of aromatic nitrogens is 2. The maximum absolute atomic E-state index is 13.7. The Bertz CT molecular complexity index is 1760. The van der Waals surface area contributed by atoms with Crippen LogP contribution in [0.2, 0.25) is 0 Å². The maximum atomic E-state index is 13.7. The topological polar surface area (TPSA) is 58.4 Å². The molecule has 0 unspecified atom stereocenters. The first kappa shape index (κ1) is 27.0. The average Bonchev–Trinajstić information content (AvgIpc) is 3.38. The molecule has 10 heteroatoms. The summed E-state index contributed by atoms with van der Waals surface area (Å²) < 4.78 is 68.4. The molecule has 6 rings (SSSR count). The zero-order valence-electron chi connectivity index (χ0n) is 22.0. The van der Waals surface area contributed by atoms with Crippen LogP contribution in [0.5, 0.6) is 0 Å². The van der Waals surface area contributed by atoms with Crippen molar-refractivity contribution in [3.05, 3.63) is 114 Å². The third-order valence-electron chi connectivity index (χ3n) is 7.36. The number of alkyl halides is 3. The molecule has 5 aromatic rings. The van der Waals surface area contributed by atoms with Crippen LogP contribution in [-0.2, 0) is 22.6 Å². The molecule has 0 saturated carbocycles. The summed E-state index contributed by atoms with van der Waals surface area (Å²) in [6.07, 6.45) is -4.48. The fraction of sp³-hybridized carbons (Fsp3) is 0.194. The van der Waals surface area contributed by atoms with Crippen LogP contribution in [0.1, 0.15) is 11.1 Å². The molecule has 0 atom stereocenters. The highest BCUT2D eigenvalue weighted by atomic mass is 32.2. The molecule has 1 aliphatic heterocycles. The summed E-state index contributed by atoms with van der Waals surface area (Å²) in [5.41, 5.74) is 2.16. The molecule has 0 bridgehead atoms. The summed E-state index contributed by atoms with van der Waals surface area (Å²) in [4.78, 5) is 4.70. The molecule has 0 amide bonds. The van der Waals surface area contributed by atoms with Gasteiger partial charge in [-0.1, -0.05) is 48.5 Å². The SMILES string of the molecule is O=S(=O)(c1ccccc1)c1nn(-c2ccc(C(F)(F)F)cc2)c2ccc(N3CCN(Cc4ccccc4)CC3)cc12. The molecule has 6 nitrogen and oxygen atoms in total. The van der Waals surface area contributed by atoms with Crippen LogP contribution >= 0.6 is 0 Å². The second-order valence-electron chi connectivity index (χ2n) is 10.0. The largest absolute Gasteiger partial charge is 0.416 e. The molecule has 2 heterocycles. The zero-order valence-corrected chi connectivity index (χ0v) is 22.8. The Hall–Kier alpha value is -4.15. The van der Waals surface area contributed by atoms with E-state index in [1.54, 1.807) is 24.3 Å². The first-order chi connectivity index (χ1) is 19.7. The van der Waals surface area contributed by atoms with Crippen molar-refractivity contribution in [3.8, 4) is 5.69 Å². The van der Waals surface area contributed by atoms with Gasteiger partial charge in [-0.25, -0.2) is 13.1 Å². The van der Waals surface area contributed by atoms with E-state index in [-0.39, 0.29) is 9.92 Å². The van der Waals surface area contributed by atoms with Crippen molar-refractivity contribution in [1.29, 1.82) is 0 Å². The molecular formula is C31H27F3N4O2S. The molecule has 1 saturated heterocycles. The number of benzene rings is 4. The Morgan fingerprint density at radius 1 is 0.732 bits per heavy atom. The molecule has 1 aromatic heterocycles. The van der Waals surface area contributed by atoms with Crippen molar-refractivity contribution in [3.63, 3.8) is 0 Å². The molecule has 210 valence electrons. The standard InChI is InChI=1S/C31H27F3N4O2S/c32-31(33,34)24-11-13-25(14-12-24)38-29-16-15-26(37-19-17-36(18-20-37)22-23-7-3-1-4-8-23)21-28(29)30(35-38)41(39,40)27-9-5-2-6-10-27/h1-16,21H,17-20,22H2. The van der Waals surface area contributed by atoms with Gasteiger partial charge in [0.2, 0.25) is 9.84 Å². The average molecular weight is 577 g/mol. The molecule has 41 heavy (non-hydrogen) atoms. The number of anilines is 1. The normalized spacial score (nSPS) is 15.0. The van der Waals surface area contributed by atoms with Crippen LogP contribution < -0.4 is 4.90 Å². The van der Waals surface area contributed by atoms with Gasteiger partial charge in [0, 0.05) is 43.8 Å². The Kier molecular flexibility index (Phi) is 7.04. The molecule has 0 radical (unpaired) electrons. The van der Waals surface area contributed by atoms with E-state index in [4.69, 9.17) is 0 Å². The molecule has 0 N–H and O–H groups in total. The van der Waals surface area contributed by atoms with E-state index in [9.17, 15) is 21.6 Å². The van der Waals surface area contributed by atoms with E-state index in [1.807, 2.05) is 30.3 Å². The van der Waals surface area contributed by atoms with Crippen molar-refractivity contribution < 1.29 is 21.6 Å². The van der Waals surface area contributed by atoms with Gasteiger partial charge in [-0.05, 0) is 60.2 Å². The van der Waals surface area contributed by atoms with E-state index in [0.29, 0.717) is 16.6 Å². The van der Waals surface area contributed by atoms with Crippen LogP contribution in [0.25, 0.3) is 16.6 Å². The fourth-order valence-corrected chi connectivity index (χ4v) is 6.56. The van der Waals surface area contributed by atoms with Gasteiger partial charge in [0.15, 0.2) is 5.03 Å². The number of sulfone groups is 1. The van der Waals surface area contributed by atoms with Crippen molar-refractivity contribution in [2.45, 2.75) is 22.6 Å². The van der Waals surface area contributed by atoms with Gasteiger partial charge in [-0.3, -0.25) is 4.90 Å². The van der Waals surface area contributed by atoms with Crippen LogP contribution in [0.4, 0.5) is 18.9 Å². The van der Waals surface area contributed by atoms with E-state index in [1.165, 1.54) is 34.5 Å². The smallest absolute Gasteiger partial charge is 0.369 e.